The predicted octanol–water partition coefficient (Wildman–Crippen LogP) is 0.783. The fourth-order valence-corrected chi connectivity index (χ4v) is 4.87. The van der Waals surface area contributed by atoms with Crippen LogP contribution in [0.1, 0.15) is 41.5 Å². The van der Waals surface area contributed by atoms with E-state index in [1.807, 2.05) is 0 Å². The number of hydrogen-bond acceptors (Lipinski definition) is 8. The molecular weight excluding hydrogens is 390 g/mol. The Morgan fingerprint density at radius 2 is 1.71 bits per heavy atom. The van der Waals surface area contributed by atoms with Crippen molar-refractivity contribution in [1.29, 1.82) is 0 Å². The lowest BCUT2D eigenvalue weighted by Gasteiger charge is -2.48. The number of carbonyl (C=O) groups is 3. The number of nitrogens with zero attached hydrogens (tertiary/aromatic N) is 1. The quantitative estimate of drug-likeness (QED) is 0.487. The van der Waals surface area contributed by atoms with Gasteiger partial charge in [-0.15, -0.1) is 0 Å². The molecule has 0 saturated carbocycles. The van der Waals surface area contributed by atoms with Gasteiger partial charge in [-0.3, -0.25) is 14.5 Å². The van der Waals surface area contributed by atoms with Crippen LogP contribution in [0.4, 0.5) is 0 Å². The molecule has 0 aromatic heterocycles. The molecule has 2 rings (SSSR count). The number of methoxy groups -OCH3 is 1. The zero-order valence-corrected chi connectivity index (χ0v) is 18.0. The lowest BCUT2D eigenvalue weighted by Crippen LogP contribution is -2.70. The monoisotopic (exact) mass is 417 g/mol. The van der Waals surface area contributed by atoms with Crippen molar-refractivity contribution in [3.05, 3.63) is 11.3 Å². The topological polar surface area (TPSA) is 116 Å². The number of carbonyl (C=O) groups excluding carboxylic acids is 3. The number of rotatable bonds is 4. The van der Waals surface area contributed by atoms with Crippen molar-refractivity contribution in [1.82, 2.24) is 4.90 Å². The highest BCUT2D eigenvalue weighted by molar-refractivity contribution is 7.92. The van der Waals surface area contributed by atoms with Crippen molar-refractivity contribution in [3.63, 3.8) is 0 Å². The van der Waals surface area contributed by atoms with Gasteiger partial charge in [0.15, 0.2) is 21.3 Å². The maximum absolute atomic E-state index is 12.8. The van der Waals surface area contributed by atoms with Gasteiger partial charge in [0.1, 0.15) is 17.9 Å². The van der Waals surface area contributed by atoms with Crippen LogP contribution < -0.4 is 0 Å². The van der Waals surface area contributed by atoms with E-state index in [9.17, 15) is 22.8 Å². The van der Waals surface area contributed by atoms with Gasteiger partial charge in [-0.25, -0.2) is 13.2 Å². The largest absolute Gasteiger partial charge is 0.461 e. The van der Waals surface area contributed by atoms with E-state index in [2.05, 4.69) is 0 Å². The Bertz CT molecular complexity index is 829. The molecule has 9 nitrogen and oxygen atoms in total. The molecule has 2 heterocycles. The van der Waals surface area contributed by atoms with Gasteiger partial charge in [0.2, 0.25) is 0 Å². The Morgan fingerprint density at radius 3 is 2.18 bits per heavy atom. The van der Waals surface area contributed by atoms with E-state index in [0.717, 1.165) is 4.90 Å². The van der Waals surface area contributed by atoms with E-state index >= 15 is 0 Å². The molecule has 0 aromatic rings. The van der Waals surface area contributed by atoms with Crippen LogP contribution >= 0.6 is 0 Å². The second-order valence-electron chi connectivity index (χ2n) is 8.84. The maximum atomic E-state index is 12.8. The summed E-state index contributed by atoms with van der Waals surface area (Å²) in [5, 5.41) is -1.30. The lowest BCUT2D eigenvalue weighted by atomic mass is 9.97. The highest BCUT2D eigenvalue weighted by Gasteiger charge is 2.61. The summed E-state index contributed by atoms with van der Waals surface area (Å²) in [5.41, 5.74) is -1.87. The number of ether oxygens (including phenoxy) is 3. The van der Waals surface area contributed by atoms with Crippen molar-refractivity contribution in [2.24, 2.45) is 5.41 Å². The normalized spacial score (nSPS) is 24.4. The van der Waals surface area contributed by atoms with Crippen LogP contribution in [0.15, 0.2) is 11.3 Å². The van der Waals surface area contributed by atoms with E-state index in [1.165, 1.54) is 7.11 Å². The van der Waals surface area contributed by atoms with Gasteiger partial charge < -0.3 is 14.2 Å². The number of fused-ring (bicyclic) bond motifs is 1. The van der Waals surface area contributed by atoms with Gasteiger partial charge >= 0.3 is 11.9 Å². The van der Waals surface area contributed by atoms with Crippen molar-refractivity contribution < 1.29 is 37.0 Å². The summed E-state index contributed by atoms with van der Waals surface area (Å²) in [5.74, 6) is -2.60. The summed E-state index contributed by atoms with van der Waals surface area (Å²) in [4.78, 5) is 38.1. The van der Waals surface area contributed by atoms with Crippen LogP contribution in [0.2, 0.25) is 0 Å². The molecule has 1 unspecified atom stereocenters. The zero-order chi connectivity index (χ0) is 21.7. The first-order valence-electron chi connectivity index (χ1n) is 8.80. The SMILES string of the molecule is CO[C@H]1C(=O)N2C(C(=O)OC(C)(C)C)=C(COC(=O)C(C)(C)C)CS(=O)(=O)C12. The van der Waals surface area contributed by atoms with Crippen molar-refractivity contribution >= 4 is 27.7 Å². The van der Waals surface area contributed by atoms with Crippen LogP contribution in [0.25, 0.3) is 0 Å². The number of sulfone groups is 1. The first-order chi connectivity index (χ1) is 12.6. The lowest BCUT2D eigenvalue weighted by molar-refractivity contribution is -0.167. The summed E-state index contributed by atoms with van der Waals surface area (Å²) < 4.78 is 40.9. The molecule has 158 valence electrons. The van der Waals surface area contributed by atoms with E-state index in [-0.39, 0.29) is 11.3 Å². The van der Waals surface area contributed by atoms with Crippen LogP contribution in [0.3, 0.4) is 0 Å². The molecule has 0 spiro atoms. The fraction of sp³-hybridized carbons (Fsp3) is 0.722. The standard InChI is InChI=1S/C18H27NO8S/c1-17(2,3)16(22)26-8-10-9-28(23,24)14-12(25-7)13(20)19(14)11(10)15(21)27-18(4,5)6/h12,14H,8-9H2,1-7H3/t12-,14?/m0/s1. The highest BCUT2D eigenvalue weighted by Crippen LogP contribution is 2.39. The molecule has 2 atom stereocenters. The van der Waals surface area contributed by atoms with Crippen LogP contribution in [-0.4, -0.2) is 67.7 Å². The summed E-state index contributed by atoms with van der Waals surface area (Å²) in [6.45, 7) is 9.46. The van der Waals surface area contributed by atoms with E-state index in [1.54, 1.807) is 41.5 Å². The maximum Gasteiger partial charge on any atom is 0.355 e. The van der Waals surface area contributed by atoms with Gasteiger partial charge in [0.05, 0.1) is 11.2 Å². The number of β-lactam (4-membered cyclic amide) rings is 1. The Morgan fingerprint density at radius 1 is 1.14 bits per heavy atom. The molecule has 0 radical (unpaired) electrons. The molecule has 28 heavy (non-hydrogen) atoms. The van der Waals surface area contributed by atoms with Crippen LogP contribution in [0.5, 0.6) is 0 Å². The third-order valence-electron chi connectivity index (χ3n) is 4.15. The molecular formula is C18H27NO8S. The molecule has 0 bridgehead atoms. The minimum absolute atomic E-state index is 0.00556. The Kier molecular flexibility index (Phi) is 5.70. The zero-order valence-electron chi connectivity index (χ0n) is 17.2. The minimum atomic E-state index is -3.84. The van der Waals surface area contributed by atoms with Crippen LogP contribution in [0, 0.1) is 5.41 Å². The third-order valence-corrected chi connectivity index (χ3v) is 6.09. The summed E-state index contributed by atoms with van der Waals surface area (Å²) in [6.07, 6.45) is -1.18. The van der Waals surface area contributed by atoms with Crippen molar-refractivity contribution in [2.45, 2.75) is 58.6 Å². The Hall–Kier alpha value is -1.94. The van der Waals surface area contributed by atoms with Gasteiger partial charge in [-0.2, -0.15) is 0 Å². The first kappa shape index (κ1) is 22.4. The predicted molar refractivity (Wildman–Crippen MR) is 98.5 cm³/mol. The van der Waals surface area contributed by atoms with Crippen LogP contribution in [-0.2, 0) is 38.4 Å². The van der Waals surface area contributed by atoms with E-state index < -0.39 is 62.5 Å². The second-order valence-corrected chi connectivity index (χ2v) is 10.9. The molecule has 0 N–H and O–H groups in total. The Balaban J connectivity index is 2.47. The minimum Gasteiger partial charge on any atom is -0.461 e. The second kappa shape index (κ2) is 7.14. The molecule has 10 heteroatoms. The molecule has 2 aliphatic rings. The summed E-state index contributed by atoms with van der Waals surface area (Å²) in [7, 11) is -2.61. The molecule has 2 aliphatic heterocycles. The number of amides is 1. The van der Waals surface area contributed by atoms with Crippen molar-refractivity contribution in [3.8, 4) is 0 Å². The molecule has 1 saturated heterocycles. The average molecular weight is 417 g/mol. The first-order valence-corrected chi connectivity index (χ1v) is 10.5. The molecule has 1 fully saturated rings. The number of hydrogen-bond donors (Lipinski definition) is 0. The van der Waals surface area contributed by atoms with Gasteiger partial charge in [-0.05, 0) is 41.5 Å². The molecule has 0 aliphatic carbocycles. The number of esters is 2. The summed E-state index contributed by atoms with van der Waals surface area (Å²) >= 11 is 0. The summed E-state index contributed by atoms with van der Waals surface area (Å²) in [6, 6.07) is 0. The van der Waals surface area contributed by atoms with Gasteiger partial charge in [-0.1, -0.05) is 0 Å². The smallest absolute Gasteiger partial charge is 0.355 e. The van der Waals surface area contributed by atoms with Crippen molar-refractivity contribution in [2.75, 3.05) is 19.5 Å². The molecule has 1 amide bonds. The van der Waals surface area contributed by atoms with E-state index in [4.69, 9.17) is 14.2 Å². The molecule has 0 aromatic carbocycles. The van der Waals surface area contributed by atoms with E-state index in [0.29, 0.717) is 0 Å². The van der Waals surface area contributed by atoms with Gasteiger partial charge in [0, 0.05) is 12.7 Å². The Labute approximate surface area is 164 Å². The van der Waals surface area contributed by atoms with Gasteiger partial charge in [0.25, 0.3) is 5.91 Å². The third kappa shape index (κ3) is 4.22. The highest BCUT2D eigenvalue weighted by atomic mass is 32.2. The average Bonchev–Trinajstić information content (AvgIpc) is 2.50. The fourth-order valence-electron chi connectivity index (χ4n) is 2.86.